The highest BCUT2D eigenvalue weighted by atomic mass is 32.1. The first-order valence-corrected chi connectivity index (χ1v) is 4.11. The lowest BCUT2D eigenvalue weighted by molar-refractivity contribution is -0.137. The van der Waals surface area contributed by atoms with Gasteiger partial charge in [-0.15, -0.1) is 11.3 Å². The molecule has 0 spiro atoms. The summed E-state index contributed by atoms with van der Waals surface area (Å²) in [7, 11) is 0. The van der Waals surface area contributed by atoms with Crippen LogP contribution in [0.5, 0.6) is 0 Å². The molecule has 4 nitrogen and oxygen atoms in total. The van der Waals surface area contributed by atoms with Gasteiger partial charge in [0.25, 0.3) is 0 Å². The Morgan fingerprint density at radius 2 is 2.42 bits per heavy atom. The summed E-state index contributed by atoms with van der Waals surface area (Å²) in [5.41, 5.74) is 0. The van der Waals surface area contributed by atoms with Gasteiger partial charge in [-0.05, 0) is 24.4 Å². The van der Waals surface area contributed by atoms with E-state index in [2.05, 4.69) is 5.32 Å². The fourth-order valence-corrected chi connectivity index (χ4v) is 1.34. The lowest BCUT2D eigenvalue weighted by atomic mass is 10.3. The van der Waals surface area contributed by atoms with Gasteiger partial charge in [-0.2, -0.15) is 0 Å². The maximum Gasteiger partial charge on any atom is 0.325 e. The molecule has 0 aliphatic rings. The molecule has 1 aromatic rings. The SMILES string of the molecule is C[C@H](Nc1cccs1)C(=O)O.O. The molecule has 0 fully saturated rings. The van der Waals surface area contributed by atoms with Gasteiger partial charge in [0.1, 0.15) is 6.04 Å². The quantitative estimate of drug-likeness (QED) is 0.738. The number of anilines is 1. The minimum Gasteiger partial charge on any atom is -0.480 e. The Morgan fingerprint density at radius 1 is 1.75 bits per heavy atom. The molecule has 1 heterocycles. The molecule has 0 aliphatic carbocycles. The highest BCUT2D eigenvalue weighted by molar-refractivity contribution is 7.14. The minimum absolute atomic E-state index is 0. The molecule has 0 aromatic carbocycles. The predicted molar refractivity (Wildman–Crippen MR) is 48.7 cm³/mol. The van der Waals surface area contributed by atoms with Crippen molar-refractivity contribution in [2.24, 2.45) is 0 Å². The topological polar surface area (TPSA) is 80.8 Å². The maximum absolute atomic E-state index is 10.4. The Bertz CT molecular complexity index is 235. The smallest absolute Gasteiger partial charge is 0.325 e. The van der Waals surface area contributed by atoms with E-state index >= 15 is 0 Å². The van der Waals surface area contributed by atoms with E-state index in [1.807, 2.05) is 17.5 Å². The summed E-state index contributed by atoms with van der Waals surface area (Å²) >= 11 is 1.49. The zero-order chi connectivity index (χ0) is 8.27. The molecular formula is C7H11NO3S. The van der Waals surface area contributed by atoms with Crippen molar-refractivity contribution in [2.75, 3.05) is 5.32 Å². The molecular weight excluding hydrogens is 178 g/mol. The number of thiophene rings is 1. The van der Waals surface area contributed by atoms with Crippen molar-refractivity contribution in [1.82, 2.24) is 0 Å². The zero-order valence-electron chi connectivity index (χ0n) is 6.57. The normalized spacial score (nSPS) is 11.4. The van der Waals surface area contributed by atoms with Crippen LogP contribution in [-0.2, 0) is 4.79 Å². The lowest BCUT2D eigenvalue weighted by Gasteiger charge is -2.06. The first-order valence-electron chi connectivity index (χ1n) is 3.23. The van der Waals surface area contributed by atoms with Gasteiger partial charge in [0.2, 0.25) is 0 Å². The Labute approximate surface area is 74.2 Å². The average Bonchev–Trinajstić information content (AvgIpc) is 2.39. The third-order valence-electron chi connectivity index (χ3n) is 1.25. The average molecular weight is 189 g/mol. The number of carbonyl (C=O) groups is 1. The molecule has 68 valence electrons. The molecule has 0 saturated heterocycles. The molecule has 1 atom stereocenters. The summed E-state index contributed by atoms with van der Waals surface area (Å²) in [4.78, 5) is 10.4. The Morgan fingerprint density at radius 3 is 2.83 bits per heavy atom. The summed E-state index contributed by atoms with van der Waals surface area (Å²) in [6.45, 7) is 1.61. The van der Waals surface area contributed by atoms with Crippen LogP contribution in [0.25, 0.3) is 0 Å². The molecule has 1 rings (SSSR count). The van der Waals surface area contributed by atoms with Gasteiger partial charge in [0, 0.05) is 0 Å². The van der Waals surface area contributed by atoms with Crippen molar-refractivity contribution < 1.29 is 15.4 Å². The minimum atomic E-state index is -0.835. The highest BCUT2D eigenvalue weighted by Crippen LogP contribution is 2.15. The standard InChI is InChI=1S/C7H9NO2S.H2O/c1-5(7(9)10)8-6-3-2-4-11-6;/h2-5,8H,1H3,(H,9,10);1H2/t5-;/m0./s1. The number of nitrogens with one attached hydrogen (secondary N) is 1. The summed E-state index contributed by atoms with van der Waals surface area (Å²) < 4.78 is 0. The van der Waals surface area contributed by atoms with Crippen LogP contribution in [0.2, 0.25) is 0 Å². The molecule has 0 saturated carbocycles. The summed E-state index contributed by atoms with van der Waals surface area (Å²) in [5, 5.41) is 14.2. The largest absolute Gasteiger partial charge is 0.480 e. The van der Waals surface area contributed by atoms with Gasteiger partial charge in [0.05, 0.1) is 5.00 Å². The van der Waals surface area contributed by atoms with Crippen LogP contribution in [0.1, 0.15) is 6.92 Å². The second-order valence-corrected chi connectivity index (χ2v) is 3.13. The molecule has 0 bridgehead atoms. The van der Waals surface area contributed by atoms with Crippen LogP contribution in [0.15, 0.2) is 17.5 Å². The first kappa shape index (κ1) is 10.9. The molecule has 4 N–H and O–H groups in total. The molecule has 1 aromatic heterocycles. The molecule has 5 heteroatoms. The van der Waals surface area contributed by atoms with E-state index in [0.29, 0.717) is 0 Å². The van der Waals surface area contributed by atoms with Gasteiger partial charge in [0.15, 0.2) is 0 Å². The second-order valence-electron chi connectivity index (χ2n) is 2.18. The van der Waals surface area contributed by atoms with Crippen LogP contribution in [0.4, 0.5) is 5.00 Å². The molecule has 0 amide bonds. The Balaban J connectivity index is 0.00000121. The molecule has 0 aliphatic heterocycles. The Kier molecular flexibility index (Phi) is 4.31. The predicted octanol–water partition coefficient (Wildman–Crippen LogP) is 0.808. The fourth-order valence-electron chi connectivity index (χ4n) is 0.636. The second kappa shape index (κ2) is 4.74. The van der Waals surface area contributed by atoms with E-state index < -0.39 is 12.0 Å². The number of rotatable bonds is 3. The van der Waals surface area contributed by atoms with Crippen molar-refractivity contribution in [3.8, 4) is 0 Å². The van der Waals surface area contributed by atoms with Gasteiger partial charge < -0.3 is 15.9 Å². The molecule has 12 heavy (non-hydrogen) atoms. The van der Waals surface area contributed by atoms with Gasteiger partial charge in [-0.1, -0.05) is 0 Å². The van der Waals surface area contributed by atoms with E-state index in [4.69, 9.17) is 5.11 Å². The Hall–Kier alpha value is -1.07. The van der Waals surface area contributed by atoms with Crippen molar-refractivity contribution in [2.45, 2.75) is 13.0 Å². The third-order valence-corrected chi connectivity index (χ3v) is 2.05. The number of hydrogen-bond donors (Lipinski definition) is 2. The van der Waals surface area contributed by atoms with Crippen LogP contribution >= 0.6 is 11.3 Å². The van der Waals surface area contributed by atoms with E-state index in [1.165, 1.54) is 11.3 Å². The third kappa shape index (κ3) is 2.89. The summed E-state index contributed by atoms with van der Waals surface area (Å²) in [6.07, 6.45) is 0. The highest BCUT2D eigenvalue weighted by Gasteiger charge is 2.09. The van der Waals surface area contributed by atoms with Crippen molar-refractivity contribution in [1.29, 1.82) is 0 Å². The van der Waals surface area contributed by atoms with Crippen molar-refractivity contribution >= 4 is 22.3 Å². The van der Waals surface area contributed by atoms with E-state index in [-0.39, 0.29) is 5.48 Å². The van der Waals surface area contributed by atoms with E-state index in [9.17, 15) is 4.79 Å². The van der Waals surface area contributed by atoms with E-state index in [0.717, 1.165) is 5.00 Å². The van der Waals surface area contributed by atoms with Gasteiger partial charge in [-0.25, -0.2) is 0 Å². The number of aliphatic carboxylic acids is 1. The maximum atomic E-state index is 10.4. The van der Waals surface area contributed by atoms with Crippen LogP contribution in [-0.4, -0.2) is 22.6 Å². The molecule has 0 radical (unpaired) electrons. The van der Waals surface area contributed by atoms with Crippen molar-refractivity contribution in [3.05, 3.63) is 17.5 Å². The number of hydrogen-bond acceptors (Lipinski definition) is 3. The summed E-state index contributed by atoms with van der Waals surface area (Å²) in [6, 6.07) is 3.21. The molecule has 0 unspecified atom stereocenters. The summed E-state index contributed by atoms with van der Waals surface area (Å²) in [5.74, 6) is -0.835. The zero-order valence-corrected chi connectivity index (χ0v) is 7.39. The van der Waals surface area contributed by atoms with Crippen molar-refractivity contribution in [3.63, 3.8) is 0 Å². The fraction of sp³-hybridized carbons (Fsp3) is 0.286. The van der Waals surface area contributed by atoms with Gasteiger partial charge >= 0.3 is 5.97 Å². The van der Waals surface area contributed by atoms with E-state index in [1.54, 1.807) is 6.92 Å². The van der Waals surface area contributed by atoms with Crippen LogP contribution in [0, 0.1) is 0 Å². The van der Waals surface area contributed by atoms with Gasteiger partial charge in [-0.3, -0.25) is 4.79 Å². The number of carboxylic acid groups (broad SMARTS) is 1. The first-order chi connectivity index (χ1) is 5.20. The lowest BCUT2D eigenvalue weighted by Crippen LogP contribution is -2.24. The monoisotopic (exact) mass is 189 g/mol. The van der Waals surface area contributed by atoms with Crippen LogP contribution in [0.3, 0.4) is 0 Å². The number of carboxylic acids is 1. The van der Waals surface area contributed by atoms with Crippen LogP contribution < -0.4 is 5.32 Å².